The van der Waals surface area contributed by atoms with Crippen LogP contribution in [0.25, 0.3) is 5.65 Å². The first-order chi connectivity index (χ1) is 14.3. The Morgan fingerprint density at radius 2 is 1.83 bits per heavy atom. The number of hydrogen-bond donors (Lipinski definition) is 2. The Bertz CT molecular complexity index is 1040. The SMILES string of the molecule is O=C(O)C1CCC(Oc2nccc3nc(Nc4ccc(C(F)(F)F)cc4)nn23)CC1. The smallest absolute Gasteiger partial charge is 0.416 e. The van der Waals surface area contributed by atoms with Gasteiger partial charge in [0.15, 0.2) is 5.65 Å². The van der Waals surface area contributed by atoms with Gasteiger partial charge in [-0.05, 0) is 49.9 Å². The van der Waals surface area contributed by atoms with E-state index in [0.717, 1.165) is 12.1 Å². The number of halogens is 3. The van der Waals surface area contributed by atoms with E-state index in [1.54, 1.807) is 6.07 Å². The van der Waals surface area contributed by atoms with E-state index < -0.39 is 17.7 Å². The number of hydrogen-bond acceptors (Lipinski definition) is 6. The van der Waals surface area contributed by atoms with E-state index >= 15 is 0 Å². The second-order valence-electron chi connectivity index (χ2n) is 7.06. The van der Waals surface area contributed by atoms with Gasteiger partial charge in [-0.15, -0.1) is 5.10 Å². The van der Waals surface area contributed by atoms with Gasteiger partial charge in [0.1, 0.15) is 6.10 Å². The maximum Gasteiger partial charge on any atom is 0.416 e. The van der Waals surface area contributed by atoms with Crippen molar-refractivity contribution in [2.45, 2.75) is 38.0 Å². The lowest BCUT2D eigenvalue weighted by atomic mass is 9.87. The van der Waals surface area contributed by atoms with Crippen molar-refractivity contribution in [2.24, 2.45) is 5.92 Å². The van der Waals surface area contributed by atoms with Crippen LogP contribution in [0.4, 0.5) is 24.8 Å². The van der Waals surface area contributed by atoms with E-state index in [1.807, 2.05) is 0 Å². The summed E-state index contributed by atoms with van der Waals surface area (Å²) >= 11 is 0. The molecule has 0 aliphatic heterocycles. The fourth-order valence-electron chi connectivity index (χ4n) is 3.38. The van der Waals surface area contributed by atoms with Crippen LogP contribution in [0.3, 0.4) is 0 Å². The summed E-state index contributed by atoms with van der Waals surface area (Å²) < 4.78 is 45.4. The standard InChI is InChI=1S/C19H18F3N5O3/c20-19(21,22)12-3-5-13(6-4-12)24-17-25-15-9-10-23-18(27(15)26-17)30-14-7-1-11(2-8-14)16(28)29/h3-6,9-11,14H,1-2,7-8H2,(H,24,26)(H,28,29). The second kappa shape index (κ2) is 7.81. The number of carbonyl (C=O) groups is 1. The molecule has 0 saturated heterocycles. The largest absolute Gasteiger partial charge is 0.481 e. The summed E-state index contributed by atoms with van der Waals surface area (Å²) in [6.45, 7) is 0. The van der Waals surface area contributed by atoms with Crippen molar-refractivity contribution in [2.75, 3.05) is 5.32 Å². The number of aromatic nitrogens is 4. The Morgan fingerprint density at radius 3 is 2.47 bits per heavy atom. The molecule has 2 heterocycles. The molecular formula is C19H18F3N5O3. The Labute approximate surface area is 168 Å². The van der Waals surface area contributed by atoms with Crippen LogP contribution in [0.15, 0.2) is 36.5 Å². The van der Waals surface area contributed by atoms with Crippen LogP contribution >= 0.6 is 0 Å². The summed E-state index contributed by atoms with van der Waals surface area (Å²) in [7, 11) is 0. The molecule has 1 aliphatic rings. The maximum atomic E-state index is 12.7. The van der Waals surface area contributed by atoms with Gasteiger partial charge >= 0.3 is 18.2 Å². The number of aliphatic carboxylic acids is 1. The molecule has 3 aromatic rings. The third-order valence-corrected chi connectivity index (χ3v) is 4.99. The zero-order chi connectivity index (χ0) is 21.3. The highest BCUT2D eigenvalue weighted by atomic mass is 19.4. The van der Waals surface area contributed by atoms with Gasteiger partial charge in [-0.2, -0.15) is 22.7 Å². The van der Waals surface area contributed by atoms with Crippen LogP contribution in [-0.4, -0.2) is 36.8 Å². The molecular weight excluding hydrogens is 403 g/mol. The molecule has 30 heavy (non-hydrogen) atoms. The first-order valence-electron chi connectivity index (χ1n) is 9.35. The van der Waals surface area contributed by atoms with Crippen LogP contribution in [0.5, 0.6) is 6.01 Å². The average Bonchev–Trinajstić information content (AvgIpc) is 3.11. The summed E-state index contributed by atoms with van der Waals surface area (Å²) in [5, 5.41) is 16.2. The minimum absolute atomic E-state index is 0.172. The molecule has 4 rings (SSSR count). The van der Waals surface area contributed by atoms with Gasteiger partial charge in [0.05, 0.1) is 11.5 Å². The van der Waals surface area contributed by atoms with Gasteiger partial charge in [0.25, 0.3) is 0 Å². The lowest BCUT2D eigenvalue weighted by Gasteiger charge is -2.26. The molecule has 0 bridgehead atoms. The van der Waals surface area contributed by atoms with Crippen LogP contribution in [-0.2, 0) is 11.0 Å². The molecule has 1 fully saturated rings. The summed E-state index contributed by atoms with van der Waals surface area (Å²) in [6.07, 6.45) is -0.789. The van der Waals surface area contributed by atoms with E-state index in [9.17, 15) is 18.0 Å². The van der Waals surface area contributed by atoms with Gasteiger partial charge < -0.3 is 15.2 Å². The number of ether oxygens (including phenoxy) is 1. The highest BCUT2D eigenvalue weighted by Crippen LogP contribution is 2.30. The number of anilines is 2. The number of benzene rings is 1. The number of alkyl halides is 3. The second-order valence-corrected chi connectivity index (χ2v) is 7.06. The summed E-state index contributed by atoms with van der Waals surface area (Å²) in [6, 6.07) is 6.39. The lowest BCUT2D eigenvalue weighted by molar-refractivity contribution is -0.143. The van der Waals surface area contributed by atoms with Crippen LogP contribution in [0.1, 0.15) is 31.2 Å². The van der Waals surface area contributed by atoms with Gasteiger partial charge in [-0.3, -0.25) is 4.79 Å². The van der Waals surface area contributed by atoms with Gasteiger partial charge in [-0.25, -0.2) is 4.98 Å². The Hall–Kier alpha value is -3.37. The quantitative estimate of drug-likeness (QED) is 0.644. The molecule has 2 N–H and O–H groups in total. The molecule has 0 atom stereocenters. The number of carboxylic acids is 1. The van der Waals surface area contributed by atoms with Crippen LogP contribution in [0, 0.1) is 5.92 Å². The first-order valence-corrected chi connectivity index (χ1v) is 9.35. The Morgan fingerprint density at radius 1 is 1.13 bits per heavy atom. The van der Waals surface area contributed by atoms with Crippen molar-refractivity contribution in [3.05, 3.63) is 42.1 Å². The van der Waals surface area contributed by atoms with Crippen molar-refractivity contribution in [3.8, 4) is 6.01 Å². The number of nitrogens with zero attached hydrogens (tertiary/aromatic N) is 4. The molecule has 0 unspecified atom stereocenters. The molecule has 1 aliphatic carbocycles. The van der Waals surface area contributed by atoms with Crippen molar-refractivity contribution in [1.29, 1.82) is 0 Å². The van der Waals surface area contributed by atoms with Crippen molar-refractivity contribution < 1.29 is 27.8 Å². The summed E-state index contributed by atoms with van der Waals surface area (Å²) in [5.41, 5.74) is 0.114. The average molecular weight is 421 g/mol. The fraction of sp³-hybridized carbons (Fsp3) is 0.368. The Balaban J connectivity index is 1.48. The predicted molar refractivity (Wildman–Crippen MR) is 99.5 cm³/mol. The third kappa shape index (κ3) is 4.29. The molecule has 1 saturated carbocycles. The van der Waals surface area contributed by atoms with Crippen LogP contribution < -0.4 is 10.1 Å². The molecule has 0 amide bonds. The number of fused-ring (bicyclic) bond motifs is 1. The molecule has 0 radical (unpaired) electrons. The van der Waals surface area contributed by atoms with Gasteiger partial charge in [0.2, 0.25) is 5.95 Å². The maximum absolute atomic E-state index is 12.7. The number of rotatable bonds is 5. The zero-order valence-corrected chi connectivity index (χ0v) is 15.6. The fourth-order valence-corrected chi connectivity index (χ4v) is 3.38. The molecule has 158 valence electrons. The van der Waals surface area contributed by atoms with E-state index in [2.05, 4.69) is 20.4 Å². The lowest BCUT2D eigenvalue weighted by Crippen LogP contribution is -2.28. The highest BCUT2D eigenvalue weighted by Gasteiger charge is 2.30. The van der Waals surface area contributed by atoms with E-state index in [-0.39, 0.29) is 24.0 Å². The minimum atomic E-state index is -4.40. The minimum Gasteiger partial charge on any atom is -0.481 e. The molecule has 0 spiro atoms. The molecule has 11 heteroatoms. The topological polar surface area (TPSA) is 102 Å². The number of carboxylic acid groups (broad SMARTS) is 1. The van der Waals surface area contributed by atoms with E-state index in [4.69, 9.17) is 9.84 Å². The zero-order valence-electron chi connectivity index (χ0n) is 15.6. The third-order valence-electron chi connectivity index (χ3n) is 4.99. The molecule has 8 nitrogen and oxygen atoms in total. The normalized spacial score (nSPS) is 19.6. The number of nitrogens with one attached hydrogen (secondary N) is 1. The van der Waals surface area contributed by atoms with Crippen molar-refractivity contribution in [3.63, 3.8) is 0 Å². The summed E-state index contributed by atoms with van der Waals surface area (Å²) in [4.78, 5) is 19.5. The first kappa shape index (κ1) is 19.9. The van der Waals surface area contributed by atoms with Gasteiger partial charge in [0, 0.05) is 18.0 Å². The van der Waals surface area contributed by atoms with E-state index in [1.165, 1.54) is 22.8 Å². The van der Waals surface area contributed by atoms with Crippen LogP contribution in [0.2, 0.25) is 0 Å². The van der Waals surface area contributed by atoms with E-state index in [0.29, 0.717) is 37.0 Å². The molecule has 1 aromatic carbocycles. The molecule has 2 aromatic heterocycles. The Kier molecular flexibility index (Phi) is 5.18. The van der Waals surface area contributed by atoms with Crippen molar-refractivity contribution in [1.82, 2.24) is 19.6 Å². The summed E-state index contributed by atoms with van der Waals surface area (Å²) in [5.74, 6) is -0.953. The van der Waals surface area contributed by atoms with Crippen molar-refractivity contribution >= 4 is 23.3 Å². The predicted octanol–water partition coefficient (Wildman–Crippen LogP) is 3.91. The monoisotopic (exact) mass is 421 g/mol. The van der Waals surface area contributed by atoms with Gasteiger partial charge in [-0.1, -0.05) is 0 Å². The highest BCUT2D eigenvalue weighted by molar-refractivity contribution is 5.70.